The first-order valence-corrected chi connectivity index (χ1v) is 4.07. The van der Waals surface area contributed by atoms with Gasteiger partial charge in [0, 0.05) is 23.3 Å². The van der Waals surface area contributed by atoms with Crippen molar-refractivity contribution in [2.45, 2.75) is 12.6 Å². The molecule has 0 unspecified atom stereocenters. The van der Waals surface area contributed by atoms with Crippen molar-refractivity contribution >= 4 is 0 Å². The Labute approximate surface area is 83.4 Å². The second-order valence-electron chi connectivity index (χ2n) is 2.74. The Bertz CT molecular complexity index is 364. The van der Waals surface area contributed by atoms with E-state index in [1.54, 1.807) is 0 Å². The minimum absolute atomic E-state index is 0.189. The zero-order chi connectivity index (χ0) is 11.3. The van der Waals surface area contributed by atoms with E-state index in [-0.39, 0.29) is 6.54 Å². The minimum Gasteiger partial charge on any atom is -0.261 e. The van der Waals surface area contributed by atoms with Crippen molar-refractivity contribution in [3.63, 3.8) is 0 Å². The Kier molecular flexibility index (Phi) is 3.51. The number of nitrogens with zero attached hydrogens (tertiary/aromatic N) is 4. The van der Waals surface area contributed by atoms with Crippen molar-refractivity contribution in [2.75, 3.05) is 6.54 Å². The molecule has 0 aliphatic rings. The van der Waals surface area contributed by atoms with E-state index in [0.717, 1.165) is 12.3 Å². The fourth-order valence-corrected chi connectivity index (χ4v) is 0.949. The third-order valence-electron chi connectivity index (χ3n) is 1.68. The number of pyridine rings is 1. The van der Waals surface area contributed by atoms with Crippen LogP contribution >= 0.6 is 0 Å². The maximum atomic E-state index is 12.1. The number of rotatable bonds is 3. The maximum Gasteiger partial charge on any atom is 0.417 e. The predicted molar refractivity (Wildman–Crippen MR) is 47.0 cm³/mol. The van der Waals surface area contributed by atoms with Crippen LogP contribution < -0.4 is 0 Å². The van der Waals surface area contributed by atoms with E-state index in [1.165, 1.54) is 6.07 Å². The van der Waals surface area contributed by atoms with Crippen LogP contribution in [0.1, 0.15) is 11.3 Å². The Hall–Kier alpha value is -1.75. The van der Waals surface area contributed by atoms with E-state index in [9.17, 15) is 13.2 Å². The molecule has 0 fully saturated rings. The van der Waals surface area contributed by atoms with Gasteiger partial charge in [0.05, 0.1) is 5.56 Å². The lowest BCUT2D eigenvalue weighted by Gasteiger charge is -2.05. The Morgan fingerprint density at radius 2 is 2.13 bits per heavy atom. The molecule has 0 saturated heterocycles. The van der Waals surface area contributed by atoms with Gasteiger partial charge >= 0.3 is 6.18 Å². The smallest absolute Gasteiger partial charge is 0.261 e. The van der Waals surface area contributed by atoms with E-state index < -0.39 is 11.7 Å². The van der Waals surface area contributed by atoms with Crippen molar-refractivity contribution in [1.29, 1.82) is 0 Å². The largest absolute Gasteiger partial charge is 0.417 e. The molecule has 15 heavy (non-hydrogen) atoms. The monoisotopic (exact) mass is 216 g/mol. The van der Waals surface area contributed by atoms with Gasteiger partial charge in [-0.05, 0) is 24.1 Å². The first-order valence-electron chi connectivity index (χ1n) is 4.07. The maximum absolute atomic E-state index is 12.1. The fraction of sp³-hybridized carbons (Fsp3) is 0.375. The first kappa shape index (κ1) is 11.3. The minimum atomic E-state index is -4.36. The zero-order valence-electron chi connectivity index (χ0n) is 7.57. The highest BCUT2D eigenvalue weighted by molar-refractivity contribution is 5.17. The molecule has 1 heterocycles. The first-order chi connectivity index (χ1) is 7.04. The van der Waals surface area contributed by atoms with E-state index in [2.05, 4.69) is 15.0 Å². The van der Waals surface area contributed by atoms with Gasteiger partial charge in [0.2, 0.25) is 0 Å². The summed E-state index contributed by atoms with van der Waals surface area (Å²) in [6.45, 7) is 0.189. The summed E-state index contributed by atoms with van der Waals surface area (Å²) in [5, 5.41) is 3.26. The number of hydrogen-bond donors (Lipinski definition) is 0. The quantitative estimate of drug-likeness (QED) is 0.435. The van der Waals surface area contributed by atoms with Gasteiger partial charge < -0.3 is 0 Å². The lowest BCUT2D eigenvalue weighted by molar-refractivity contribution is -0.137. The van der Waals surface area contributed by atoms with E-state index in [4.69, 9.17) is 5.53 Å². The summed E-state index contributed by atoms with van der Waals surface area (Å²) >= 11 is 0. The number of azide groups is 1. The SMILES string of the molecule is [N-]=[N+]=NCCc1ccc(C(F)(F)F)cn1. The second-order valence-corrected chi connectivity index (χ2v) is 2.74. The Balaban J connectivity index is 2.68. The van der Waals surface area contributed by atoms with Crippen molar-refractivity contribution < 1.29 is 13.2 Å². The molecular weight excluding hydrogens is 209 g/mol. The van der Waals surface area contributed by atoms with Crippen LogP contribution in [0.5, 0.6) is 0 Å². The van der Waals surface area contributed by atoms with E-state index >= 15 is 0 Å². The summed E-state index contributed by atoms with van der Waals surface area (Å²) in [5.74, 6) is 0. The molecule has 0 aliphatic heterocycles. The lowest BCUT2D eigenvalue weighted by Crippen LogP contribution is -2.06. The van der Waals surface area contributed by atoms with Crippen molar-refractivity contribution in [3.8, 4) is 0 Å². The van der Waals surface area contributed by atoms with Crippen LogP contribution in [0.15, 0.2) is 23.4 Å². The molecule has 1 aromatic rings. The van der Waals surface area contributed by atoms with Gasteiger partial charge in [0.25, 0.3) is 0 Å². The van der Waals surface area contributed by atoms with Gasteiger partial charge in [-0.2, -0.15) is 13.2 Å². The topological polar surface area (TPSA) is 61.7 Å². The van der Waals surface area contributed by atoms with Crippen molar-refractivity contribution in [3.05, 3.63) is 40.0 Å². The third kappa shape index (κ3) is 3.47. The summed E-state index contributed by atoms with van der Waals surface area (Å²) in [6.07, 6.45) is -3.26. The molecule has 0 aromatic carbocycles. The number of aromatic nitrogens is 1. The molecule has 0 radical (unpaired) electrons. The van der Waals surface area contributed by atoms with Gasteiger partial charge in [0.1, 0.15) is 0 Å². The van der Waals surface area contributed by atoms with Gasteiger partial charge in [-0.15, -0.1) is 0 Å². The molecule has 0 aliphatic carbocycles. The number of alkyl halides is 3. The molecule has 0 bridgehead atoms. The molecule has 0 saturated carbocycles. The molecule has 0 atom stereocenters. The van der Waals surface area contributed by atoms with Gasteiger partial charge in [-0.3, -0.25) is 4.98 Å². The van der Waals surface area contributed by atoms with Crippen molar-refractivity contribution in [2.24, 2.45) is 5.11 Å². The molecular formula is C8H7F3N4. The van der Waals surface area contributed by atoms with Crippen LogP contribution in [0.4, 0.5) is 13.2 Å². The second kappa shape index (κ2) is 4.65. The fourth-order valence-electron chi connectivity index (χ4n) is 0.949. The van der Waals surface area contributed by atoms with E-state index in [1.807, 2.05) is 0 Å². The predicted octanol–water partition coefficient (Wildman–Crippen LogP) is 2.95. The number of halogens is 3. The van der Waals surface area contributed by atoms with Crippen LogP contribution in [0.3, 0.4) is 0 Å². The van der Waals surface area contributed by atoms with E-state index in [0.29, 0.717) is 12.1 Å². The molecule has 0 amide bonds. The van der Waals surface area contributed by atoms with Gasteiger partial charge in [0.15, 0.2) is 0 Å². The van der Waals surface area contributed by atoms with Gasteiger partial charge in [-0.1, -0.05) is 5.11 Å². The summed E-state index contributed by atoms with van der Waals surface area (Å²) in [5.41, 5.74) is 7.67. The molecule has 7 heteroatoms. The third-order valence-corrected chi connectivity index (χ3v) is 1.68. The molecule has 80 valence electrons. The summed E-state index contributed by atoms with van der Waals surface area (Å²) in [6, 6.07) is 2.23. The highest BCUT2D eigenvalue weighted by atomic mass is 19.4. The molecule has 1 rings (SSSR count). The average Bonchev–Trinajstić information content (AvgIpc) is 2.18. The molecule has 0 N–H and O–H groups in total. The normalized spacial score (nSPS) is 10.9. The van der Waals surface area contributed by atoms with Crippen LogP contribution in [0.25, 0.3) is 10.4 Å². The standard InChI is InChI=1S/C8H7F3N4/c9-8(10,11)6-1-2-7(13-5-6)3-4-14-15-12/h1-2,5H,3-4H2. The van der Waals surface area contributed by atoms with Crippen LogP contribution in [-0.4, -0.2) is 11.5 Å². The van der Waals surface area contributed by atoms with Crippen molar-refractivity contribution in [1.82, 2.24) is 4.98 Å². The van der Waals surface area contributed by atoms with Gasteiger partial charge in [-0.25, -0.2) is 0 Å². The molecule has 0 spiro atoms. The van der Waals surface area contributed by atoms with Crippen LogP contribution in [-0.2, 0) is 12.6 Å². The highest BCUT2D eigenvalue weighted by Crippen LogP contribution is 2.28. The molecule has 4 nitrogen and oxygen atoms in total. The highest BCUT2D eigenvalue weighted by Gasteiger charge is 2.30. The molecule has 1 aromatic heterocycles. The Morgan fingerprint density at radius 1 is 1.40 bits per heavy atom. The summed E-state index contributed by atoms with van der Waals surface area (Å²) in [4.78, 5) is 6.14. The van der Waals surface area contributed by atoms with Crippen LogP contribution in [0, 0.1) is 0 Å². The van der Waals surface area contributed by atoms with Crippen LogP contribution in [0.2, 0.25) is 0 Å². The summed E-state index contributed by atoms with van der Waals surface area (Å²) < 4.78 is 36.4. The Morgan fingerprint density at radius 3 is 2.60 bits per heavy atom. The summed E-state index contributed by atoms with van der Waals surface area (Å²) in [7, 11) is 0. The zero-order valence-corrected chi connectivity index (χ0v) is 7.57. The number of hydrogen-bond acceptors (Lipinski definition) is 2. The lowest BCUT2D eigenvalue weighted by atomic mass is 10.2. The average molecular weight is 216 g/mol.